The van der Waals surface area contributed by atoms with E-state index >= 15 is 0 Å². The number of hydrogen-bond acceptors (Lipinski definition) is 5. The largest absolute Gasteiger partial charge is 0.383 e. The van der Waals surface area contributed by atoms with E-state index < -0.39 is 10.8 Å². The molecule has 9 nitrogen and oxygen atoms in total. The van der Waals surface area contributed by atoms with Gasteiger partial charge in [-0.2, -0.15) is 0 Å². The van der Waals surface area contributed by atoms with Crippen molar-refractivity contribution in [2.45, 2.75) is 19.9 Å². The predicted molar refractivity (Wildman–Crippen MR) is 149 cm³/mol. The van der Waals surface area contributed by atoms with Crippen LogP contribution in [0, 0.1) is 17.0 Å². The molecule has 4 aromatic rings. The summed E-state index contributed by atoms with van der Waals surface area (Å²) in [4.78, 5) is 44.1. The average molecular weight is 529 g/mol. The molecule has 202 valence electrons. The van der Waals surface area contributed by atoms with Crippen molar-refractivity contribution in [3.05, 3.63) is 111 Å². The Morgan fingerprint density at radius 1 is 0.974 bits per heavy atom. The van der Waals surface area contributed by atoms with Gasteiger partial charge in [0.15, 0.2) is 0 Å². The minimum atomic E-state index is -0.546. The summed E-state index contributed by atoms with van der Waals surface area (Å²) in [5.74, 6) is -0.679. The first-order valence-electron chi connectivity index (χ1n) is 12.8. The van der Waals surface area contributed by atoms with Crippen molar-refractivity contribution in [3.8, 4) is 0 Å². The fraction of sp³-hybridized carbons (Fsp3) is 0.267. The standard InChI is InChI=1S/C30H32N4O5/c1-22-10-12-23(13-11-22)20-32(15-14-25-19-31-28-9-4-3-8-27(25)28)29(35)21-33(16-17-39-2)30(36)24-6-5-7-26(18-24)34(37)38/h3-13,18-19,31H,14-17,20-21H2,1-2H3. The molecule has 0 unspecified atom stereocenters. The number of methoxy groups -OCH3 is 1. The third kappa shape index (κ3) is 7.08. The Bertz CT molecular complexity index is 1450. The summed E-state index contributed by atoms with van der Waals surface area (Å²) in [7, 11) is 1.52. The molecule has 0 atom stereocenters. The number of carbonyl (C=O) groups is 2. The Balaban J connectivity index is 1.55. The number of rotatable bonds is 12. The van der Waals surface area contributed by atoms with Gasteiger partial charge in [-0.3, -0.25) is 19.7 Å². The quantitative estimate of drug-likeness (QED) is 0.211. The highest BCUT2D eigenvalue weighted by molar-refractivity contribution is 5.97. The first-order valence-corrected chi connectivity index (χ1v) is 12.8. The van der Waals surface area contributed by atoms with Crippen LogP contribution in [0.4, 0.5) is 5.69 Å². The Labute approximate surface area is 227 Å². The zero-order chi connectivity index (χ0) is 27.8. The second-order valence-corrected chi connectivity index (χ2v) is 9.44. The van der Waals surface area contributed by atoms with Gasteiger partial charge < -0.3 is 19.5 Å². The van der Waals surface area contributed by atoms with E-state index in [1.807, 2.05) is 55.6 Å². The molecule has 0 aliphatic rings. The highest BCUT2D eigenvalue weighted by Gasteiger charge is 2.24. The zero-order valence-electron chi connectivity index (χ0n) is 22.1. The molecule has 0 spiro atoms. The van der Waals surface area contributed by atoms with E-state index in [9.17, 15) is 19.7 Å². The Morgan fingerprint density at radius 2 is 1.74 bits per heavy atom. The van der Waals surface area contributed by atoms with E-state index in [0.717, 1.165) is 27.6 Å². The van der Waals surface area contributed by atoms with Crippen molar-refractivity contribution in [2.24, 2.45) is 0 Å². The molecule has 0 fully saturated rings. The van der Waals surface area contributed by atoms with Crippen LogP contribution in [0.1, 0.15) is 27.0 Å². The van der Waals surface area contributed by atoms with Gasteiger partial charge in [-0.15, -0.1) is 0 Å². The molecule has 4 rings (SSSR count). The average Bonchev–Trinajstić information content (AvgIpc) is 3.37. The number of para-hydroxylation sites is 1. The molecule has 2 amide bonds. The first kappa shape index (κ1) is 27.5. The van der Waals surface area contributed by atoms with E-state index in [-0.39, 0.29) is 36.9 Å². The fourth-order valence-corrected chi connectivity index (χ4v) is 4.45. The molecule has 39 heavy (non-hydrogen) atoms. The number of nitro groups is 1. The third-order valence-electron chi connectivity index (χ3n) is 6.66. The van der Waals surface area contributed by atoms with Crippen molar-refractivity contribution in [3.63, 3.8) is 0 Å². The number of aromatic amines is 1. The molecule has 0 bridgehead atoms. The Hall–Kier alpha value is -4.50. The van der Waals surface area contributed by atoms with Crippen LogP contribution in [-0.4, -0.2) is 64.9 Å². The second kappa shape index (κ2) is 12.8. The van der Waals surface area contributed by atoms with Gasteiger partial charge in [0.2, 0.25) is 5.91 Å². The van der Waals surface area contributed by atoms with Crippen molar-refractivity contribution in [1.29, 1.82) is 0 Å². The molecule has 1 heterocycles. The maximum absolute atomic E-state index is 13.7. The Morgan fingerprint density at radius 3 is 2.49 bits per heavy atom. The number of nitro benzene ring substituents is 1. The number of non-ortho nitro benzene ring substituents is 1. The number of H-pyrrole nitrogens is 1. The molecular formula is C30H32N4O5. The number of benzene rings is 3. The van der Waals surface area contributed by atoms with Crippen LogP contribution >= 0.6 is 0 Å². The summed E-state index contributed by atoms with van der Waals surface area (Å²) < 4.78 is 5.18. The normalized spacial score (nSPS) is 10.9. The minimum absolute atomic E-state index is 0.150. The van der Waals surface area contributed by atoms with Crippen LogP contribution in [0.5, 0.6) is 0 Å². The fourth-order valence-electron chi connectivity index (χ4n) is 4.45. The van der Waals surface area contributed by atoms with E-state index in [0.29, 0.717) is 19.5 Å². The van der Waals surface area contributed by atoms with Crippen LogP contribution in [0.2, 0.25) is 0 Å². The summed E-state index contributed by atoms with van der Waals surface area (Å²) >= 11 is 0. The predicted octanol–water partition coefficient (Wildman–Crippen LogP) is 4.74. The number of carbonyl (C=O) groups excluding carboxylic acids is 2. The number of hydrogen-bond donors (Lipinski definition) is 1. The van der Waals surface area contributed by atoms with E-state index in [1.54, 1.807) is 4.90 Å². The van der Waals surface area contributed by atoms with Gasteiger partial charge in [0.1, 0.15) is 6.54 Å². The van der Waals surface area contributed by atoms with Crippen molar-refractivity contribution in [1.82, 2.24) is 14.8 Å². The Kier molecular flexibility index (Phi) is 9.06. The van der Waals surface area contributed by atoms with Crippen LogP contribution in [0.3, 0.4) is 0 Å². The lowest BCUT2D eigenvalue weighted by Crippen LogP contribution is -2.44. The van der Waals surface area contributed by atoms with Crippen molar-refractivity contribution < 1.29 is 19.2 Å². The molecule has 0 aliphatic heterocycles. The summed E-state index contributed by atoms with van der Waals surface area (Å²) in [6, 6.07) is 21.6. The molecular weight excluding hydrogens is 496 g/mol. The molecule has 0 saturated heterocycles. The monoisotopic (exact) mass is 528 g/mol. The van der Waals surface area contributed by atoms with Gasteiger partial charge in [-0.05, 0) is 36.6 Å². The molecule has 9 heteroatoms. The maximum atomic E-state index is 13.7. The topological polar surface area (TPSA) is 109 Å². The lowest BCUT2D eigenvalue weighted by atomic mass is 10.1. The van der Waals surface area contributed by atoms with Gasteiger partial charge in [-0.1, -0.05) is 54.1 Å². The lowest BCUT2D eigenvalue weighted by Gasteiger charge is -2.28. The number of aryl methyl sites for hydroxylation is 1. The van der Waals surface area contributed by atoms with E-state index in [2.05, 4.69) is 11.1 Å². The molecule has 0 saturated carbocycles. The highest BCUT2D eigenvalue weighted by atomic mass is 16.6. The minimum Gasteiger partial charge on any atom is -0.383 e. The summed E-state index contributed by atoms with van der Waals surface area (Å²) in [5.41, 5.74) is 4.23. The van der Waals surface area contributed by atoms with Crippen molar-refractivity contribution >= 4 is 28.4 Å². The van der Waals surface area contributed by atoms with Gasteiger partial charge in [0, 0.05) is 61.5 Å². The molecule has 1 aromatic heterocycles. The van der Waals surface area contributed by atoms with Crippen molar-refractivity contribution in [2.75, 3.05) is 33.4 Å². The molecule has 1 N–H and O–H groups in total. The molecule has 0 aliphatic carbocycles. The van der Waals surface area contributed by atoms with Gasteiger partial charge in [0.25, 0.3) is 11.6 Å². The van der Waals surface area contributed by atoms with Crippen LogP contribution < -0.4 is 0 Å². The number of aromatic nitrogens is 1. The summed E-state index contributed by atoms with van der Waals surface area (Å²) in [6.07, 6.45) is 2.61. The summed E-state index contributed by atoms with van der Waals surface area (Å²) in [5, 5.41) is 12.3. The summed E-state index contributed by atoms with van der Waals surface area (Å²) in [6.45, 7) is 3.08. The lowest BCUT2D eigenvalue weighted by molar-refractivity contribution is -0.384. The van der Waals surface area contributed by atoms with Gasteiger partial charge in [-0.25, -0.2) is 0 Å². The number of nitrogens with zero attached hydrogens (tertiary/aromatic N) is 3. The number of ether oxygens (including phenoxy) is 1. The zero-order valence-corrected chi connectivity index (χ0v) is 22.1. The molecule has 0 radical (unpaired) electrons. The van der Waals surface area contributed by atoms with Gasteiger partial charge in [0.05, 0.1) is 11.5 Å². The molecule has 3 aromatic carbocycles. The highest BCUT2D eigenvalue weighted by Crippen LogP contribution is 2.20. The van der Waals surface area contributed by atoms with E-state index in [4.69, 9.17) is 4.74 Å². The smallest absolute Gasteiger partial charge is 0.270 e. The van der Waals surface area contributed by atoms with Crippen LogP contribution in [0.25, 0.3) is 10.9 Å². The van der Waals surface area contributed by atoms with Gasteiger partial charge >= 0.3 is 0 Å². The number of nitrogens with one attached hydrogen (secondary N) is 1. The van der Waals surface area contributed by atoms with Crippen LogP contribution in [0.15, 0.2) is 79.0 Å². The first-order chi connectivity index (χ1) is 18.9. The number of amides is 2. The van der Waals surface area contributed by atoms with E-state index in [1.165, 1.54) is 36.3 Å². The SMILES string of the molecule is COCCN(CC(=O)N(CCc1c[nH]c2ccccc12)Cc1ccc(C)cc1)C(=O)c1cccc([N+](=O)[O-])c1. The second-order valence-electron chi connectivity index (χ2n) is 9.44. The number of fused-ring (bicyclic) bond motifs is 1. The third-order valence-corrected chi connectivity index (χ3v) is 6.66. The maximum Gasteiger partial charge on any atom is 0.270 e. The van der Waals surface area contributed by atoms with Crippen LogP contribution in [-0.2, 0) is 22.5 Å².